The lowest BCUT2D eigenvalue weighted by atomic mass is 10.1. The predicted octanol–water partition coefficient (Wildman–Crippen LogP) is 4.08. The highest BCUT2D eigenvalue weighted by Crippen LogP contribution is 2.20. The Bertz CT molecular complexity index is 584. The molecule has 0 heterocycles. The quantitative estimate of drug-likeness (QED) is 0.879. The molecule has 0 unspecified atom stereocenters. The number of hydrogen-bond donors (Lipinski definition) is 2. The van der Waals surface area contributed by atoms with Crippen LogP contribution < -0.4 is 10.6 Å². The molecule has 98 valence electrons. The van der Waals surface area contributed by atoms with E-state index in [1.54, 1.807) is 0 Å². The number of aryl methyl sites for hydroxylation is 1. The molecule has 2 aromatic rings. The van der Waals surface area contributed by atoms with Gasteiger partial charge in [0.1, 0.15) is 0 Å². The number of para-hydroxylation sites is 1. The van der Waals surface area contributed by atoms with E-state index in [9.17, 15) is 4.79 Å². The summed E-state index contributed by atoms with van der Waals surface area (Å²) in [4.78, 5) is 11.8. The first-order valence-electron chi connectivity index (χ1n) is 6.00. The maximum absolute atomic E-state index is 11.8. The number of hydrogen-bond acceptors (Lipinski definition) is 1. The Balaban J connectivity index is 1.90. The normalized spacial score (nSPS) is 10.0. The van der Waals surface area contributed by atoms with Crippen LogP contribution in [0.5, 0.6) is 0 Å². The van der Waals surface area contributed by atoms with Crippen molar-refractivity contribution in [3.05, 3.63) is 64.1 Å². The second-order valence-corrected chi connectivity index (χ2v) is 5.13. The molecule has 0 aromatic heterocycles. The third-order valence-corrected chi connectivity index (χ3v) is 3.35. The number of carbonyl (C=O) groups is 1. The van der Waals surface area contributed by atoms with E-state index in [0.29, 0.717) is 6.54 Å². The van der Waals surface area contributed by atoms with Gasteiger partial charge in [-0.3, -0.25) is 0 Å². The maximum Gasteiger partial charge on any atom is 0.319 e. The zero-order valence-electron chi connectivity index (χ0n) is 10.6. The first kappa shape index (κ1) is 13.6. The molecule has 2 N–H and O–H groups in total. The third-order valence-electron chi connectivity index (χ3n) is 2.66. The minimum absolute atomic E-state index is 0.214. The second kappa shape index (κ2) is 6.38. The van der Waals surface area contributed by atoms with E-state index in [4.69, 9.17) is 0 Å². The molecular formula is C15H15BrN2O. The highest BCUT2D eigenvalue weighted by molar-refractivity contribution is 9.10. The number of halogens is 1. The molecule has 0 aliphatic carbocycles. The minimum atomic E-state index is -0.214. The van der Waals surface area contributed by atoms with Gasteiger partial charge in [-0.2, -0.15) is 0 Å². The number of carbonyl (C=O) groups excluding carboxylic acids is 1. The summed E-state index contributed by atoms with van der Waals surface area (Å²) in [6.45, 7) is 2.54. The Morgan fingerprint density at radius 2 is 1.95 bits per heavy atom. The summed E-state index contributed by atoms with van der Waals surface area (Å²) in [5, 5.41) is 5.63. The third kappa shape index (κ3) is 4.10. The van der Waals surface area contributed by atoms with Crippen molar-refractivity contribution in [3.63, 3.8) is 0 Å². The van der Waals surface area contributed by atoms with Crippen molar-refractivity contribution in [2.24, 2.45) is 0 Å². The molecule has 0 aliphatic heterocycles. The van der Waals surface area contributed by atoms with Crippen LogP contribution in [0.2, 0.25) is 0 Å². The second-order valence-electron chi connectivity index (χ2n) is 4.28. The van der Waals surface area contributed by atoms with E-state index < -0.39 is 0 Å². The van der Waals surface area contributed by atoms with Crippen LogP contribution in [0.3, 0.4) is 0 Å². The molecule has 4 heteroatoms. The number of urea groups is 1. The van der Waals surface area contributed by atoms with Crippen molar-refractivity contribution in [1.82, 2.24) is 5.32 Å². The fourth-order valence-corrected chi connectivity index (χ4v) is 2.12. The maximum atomic E-state index is 11.8. The van der Waals surface area contributed by atoms with E-state index in [1.165, 1.54) is 5.56 Å². The van der Waals surface area contributed by atoms with E-state index in [1.807, 2.05) is 49.4 Å². The van der Waals surface area contributed by atoms with Crippen LogP contribution in [0.4, 0.5) is 10.5 Å². The molecule has 0 saturated heterocycles. The first-order valence-corrected chi connectivity index (χ1v) is 6.79. The van der Waals surface area contributed by atoms with Crippen LogP contribution in [-0.2, 0) is 6.54 Å². The first-order chi connectivity index (χ1) is 9.15. The minimum Gasteiger partial charge on any atom is -0.334 e. The van der Waals surface area contributed by atoms with Crippen LogP contribution in [0.1, 0.15) is 11.1 Å². The van der Waals surface area contributed by atoms with Crippen LogP contribution in [0.25, 0.3) is 0 Å². The van der Waals surface area contributed by atoms with E-state index in [2.05, 4.69) is 32.6 Å². The zero-order valence-corrected chi connectivity index (χ0v) is 12.2. The van der Waals surface area contributed by atoms with Crippen molar-refractivity contribution in [3.8, 4) is 0 Å². The van der Waals surface area contributed by atoms with Gasteiger partial charge in [-0.1, -0.05) is 42.0 Å². The van der Waals surface area contributed by atoms with Crippen LogP contribution in [0, 0.1) is 6.92 Å². The van der Waals surface area contributed by atoms with E-state index >= 15 is 0 Å². The molecule has 0 radical (unpaired) electrons. The molecule has 3 nitrogen and oxygen atoms in total. The summed E-state index contributed by atoms with van der Waals surface area (Å²) in [6.07, 6.45) is 0. The van der Waals surface area contributed by atoms with Crippen LogP contribution in [0.15, 0.2) is 53.0 Å². The number of nitrogens with one attached hydrogen (secondary N) is 2. The number of rotatable bonds is 3. The highest BCUT2D eigenvalue weighted by Gasteiger charge is 2.04. The predicted molar refractivity (Wildman–Crippen MR) is 81.2 cm³/mol. The smallest absolute Gasteiger partial charge is 0.319 e. The van der Waals surface area contributed by atoms with Gasteiger partial charge in [-0.15, -0.1) is 0 Å². The van der Waals surface area contributed by atoms with Crippen LogP contribution in [-0.4, -0.2) is 6.03 Å². The van der Waals surface area contributed by atoms with Gasteiger partial charge >= 0.3 is 6.03 Å². The Kier molecular flexibility index (Phi) is 4.58. The Hall–Kier alpha value is -1.81. The summed E-state index contributed by atoms with van der Waals surface area (Å²) >= 11 is 3.39. The Labute approximate surface area is 121 Å². The van der Waals surface area contributed by atoms with Gasteiger partial charge in [0.15, 0.2) is 0 Å². The van der Waals surface area contributed by atoms with Crippen LogP contribution >= 0.6 is 15.9 Å². The van der Waals surface area contributed by atoms with Gasteiger partial charge in [-0.05, 0) is 40.5 Å². The summed E-state index contributed by atoms with van der Waals surface area (Å²) in [5.74, 6) is 0. The Morgan fingerprint density at radius 3 is 2.68 bits per heavy atom. The Morgan fingerprint density at radius 1 is 1.16 bits per heavy atom. The van der Waals surface area contributed by atoms with Crippen molar-refractivity contribution < 1.29 is 4.79 Å². The summed E-state index contributed by atoms with van der Waals surface area (Å²) in [6, 6.07) is 15.4. The fourth-order valence-electron chi connectivity index (χ4n) is 1.73. The lowest BCUT2D eigenvalue weighted by Crippen LogP contribution is -2.28. The highest BCUT2D eigenvalue weighted by atomic mass is 79.9. The van der Waals surface area contributed by atoms with Crippen molar-refractivity contribution in [2.45, 2.75) is 13.5 Å². The summed E-state index contributed by atoms with van der Waals surface area (Å²) in [5.41, 5.74) is 3.03. The average molecular weight is 319 g/mol. The number of anilines is 1. The zero-order chi connectivity index (χ0) is 13.7. The molecular weight excluding hydrogens is 304 g/mol. The lowest BCUT2D eigenvalue weighted by molar-refractivity contribution is 0.251. The molecule has 2 amide bonds. The topological polar surface area (TPSA) is 41.1 Å². The SMILES string of the molecule is Cc1cccc(CNC(=O)Nc2ccccc2Br)c1. The molecule has 0 bridgehead atoms. The molecule has 0 saturated carbocycles. The standard InChI is InChI=1S/C15H15BrN2O/c1-11-5-4-6-12(9-11)10-17-15(19)18-14-8-3-2-7-13(14)16/h2-9H,10H2,1H3,(H2,17,18,19). The molecule has 0 atom stereocenters. The van der Waals surface area contributed by atoms with Crippen molar-refractivity contribution >= 4 is 27.6 Å². The summed E-state index contributed by atoms with van der Waals surface area (Å²) < 4.78 is 0.862. The molecule has 0 aliphatic rings. The number of amides is 2. The van der Waals surface area contributed by atoms with Gasteiger partial charge in [-0.25, -0.2) is 4.79 Å². The van der Waals surface area contributed by atoms with Gasteiger partial charge in [0.05, 0.1) is 5.69 Å². The fraction of sp³-hybridized carbons (Fsp3) is 0.133. The van der Waals surface area contributed by atoms with Gasteiger partial charge in [0.25, 0.3) is 0 Å². The summed E-state index contributed by atoms with van der Waals surface area (Å²) in [7, 11) is 0. The van der Waals surface area contributed by atoms with Crippen molar-refractivity contribution in [2.75, 3.05) is 5.32 Å². The van der Waals surface area contributed by atoms with E-state index in [-0.39, 0.29) is 6.03 Å². The van der Waals surface area contributed by atoms with Gasteiger partial charge < -0.3 is 10.6 Å². The average Bonchev–Trinajstić information content (AvgIpc) is 2.39. The van der Waals surface area contributed by atoms with Crippen molar-refractivity contribution in [1.29, 1.82) is 0 Å². The number of benzene rings is 2. The lowest BCUT2D eigenvalue weighted by Gasteiger charge is -2.09. The largest absolute Gasteiger partial charge is 0.334 e. The van der Waals surface area contributed by atoms with E-state index in [0.717, 1.165) is 15.7 Å². The molecule has 19 heavy (non-hydrogen) atoms. The molecule has 2 rings (SSSR count). The van der Waals surface area contributed by atoms with Gasteiger partial charge in [0.2, 0.25) is 0 Å². The molecule has 0 fully saturated rings. The molecule has 2 aromatic carbocycles. The monoisotopic (exact) mass is 318 g/mol. The van der Waals surface area contributed by atoms with Gasteiger partial charge in [0, 0.05) is 11.0 Å². The molecule has 0 spiro atoms.